The Kier molecular flexibility index (Phi) is 5.99. The van der Waals surface area contributed by atoms with E-state index in [9.17, 15) is 13.2 Å². The lowest BCUT2D eigenvalue weighted by atomic mass is 9.92. The molecule has 0 saturated carbocycles. The molecule has 0 amide bonds. The molecule has 2 unspecified atom stereocenters. The van der Waals surface area contributed by atoms with Crippen LogP contribution in [0.4, 0.5) is 13.2 Å². The Hall–Kier alpha value is -3.40. The Labute approximate surface area is 194 Å². The molecule has 4 heterocycles. The van der Waals surface area contributed by atoms with E-state index in [0.717, 1.165) is 11.6 Å². The number of aromatic nitrogens is 6. The number of alkyl halides is 1. The minimum atomic E-state index is -0.726. The SMILES string of the molecule is Cc1nc2nc(C3CCOC(c4cnn(CCF)c4)C3)nc(-c3ccc(F)cc3F)c2nc1C. The van der Waals surface area contributed by atoms with Crippen LogP contribution in [-0.4, -0.2) is 43.0 Å². The van der Waals surface area contributed by atoms with Gasteiger partial charge >= 0.3 is 0 Å². The molecule has 7 nitrogen and oxygen atoms in total. The van der Waals surface area contributed by atoms with Gasteiger partial charge in [-0.3, -0.25) is 4.68 Å². The predicted octanol–water partition coefficient (Wildman–Crippen LogP) is 4.78. The normalized spacial score (nSPS) is 18.5. The van der Waals surface area contributed by atoms with Crippen LogP contribution in [0.3, 0.4) is 0 Å². The molecule has 4 aromatic rings. The van der Waals surface area contributed by atoms with Gasteiger partial charge in [0, 0.05) is 35.9 Å². The Morgan fingerprint density at radius 1 is 1.09 bits per heavy atom. The molecule has 0 N–H and O–H groups in total. The van der Waals surface area contributed by atoms with Crippen molar-refractivity contribution in [2.45, 2.75) is 45.3 Å². The molecule has 3 aromatic heterocycles. The monoisotopic (exact) mass is 468 g/mol. The van der Waals surface area contributed by atoms with Gasteiger partial charge in [-0.1, -0.05) is 0 Å². The fourth-order valence-electron chi connectivity index (χ4n) is 4.20. The summed E-state index contributed by atoms with van der Waals surface area (Å²) in [6.45, 7) is 3.81. The van der Waals surface area contributed by atoms with Crippen molar-refractivity contribution in [3.8, 4) is 11.3 Å². The van der Waals surface area contributed by atoms with E-state index in [2.05, 4.69) is 20.1 Å². The molecular weight excluding hydrogens is 445 g/mol. The third kappa shape index (κ3) is 4.25. The van der Waals surface area contributed by atoms with Crippen LogP contribution < -0.4 is 0 Å². The second-order valence-corrected chi connectivity index (χ2v) is 8.43. The van der Waals surface area contributed by atoms with Gasteiger partial charge in [0.25, 0.3) is 0 Å². The van der Waals surface area contributed by atoms with Gasteiger partial charge < -0.3 is 4.74 Å². The summed E-state index contributed by atoms with van der Waals surface area (Å²) < 4.78 is 48.5. The highest BCUT2D eigenvalue weighted by atomic mass is 19.1. The average molecular weight is 468 g/mol. The lowest BCUT2D eigenvalue weighted by Gasteiger charge is -2.28. The van der Waals surface area contributed by atoms with Crippen LogP contribution in [0.1, 0.15) is 47.6 Å². The number of halogens is 3. The van der Waals surface area contributed by atoms with E-state index in [1.807, 2.05) is 13.8 Å². The van der Waals surface area contributed by atoms with Crippen LogP contribution in [0.5, 0.6) is 0 Å². The van der Waals surface area contributed by atoms with Crippen LogP contribution in [0.15, 0.2) is 30.6 Å². The molecular formula is C24H23F3N6O. The number of benzene rings is 1. The molecule has 0 radical (unpaired) electrons. The minimum absolute atomic E-state index is 0.0849. The largest absolute Gasteiger partial charge is 0.373 e. The summed E-state index contributed by atoms with van der Waals surface area (Å²) in [4.78, 5) is 18.6. The summed E-state index contributed by atoms with van der Waals surface area (Å²) in [6, 6.07) is 3.39. The molecule has 1 saturated heterocycles. The van der Waals surface area contributed by atoms with E-state index in [-0.39, 0.29) is 29.8 Å². The molecule has 34 heavy (non-hydrogen) atoms. The fourth-order valence-corrected chi connectivity index (χ4v) is 4.20. The number of aryl methyl sites for hydroxylation is 3. The average Bonchev–Trinajstić information content (AvgIpc) is 3.29. The number of ether oxygens (including phenoxy) is 1. The zero-order valence-electron chi connectivity index (χ0n) is 18.8. The molecule has 1 aliphatic heterocycles. The maximum Gasteiger partial charge on any atom is 0.182 e. The molecule has 0 spiro atoms. The fraction of sp³-hybridized carbons (Fsp3) is 0.375. The van der Waals surface area contributed by atoms with Crippen LogP contribution in [0, 0.1) is 25.5 Å². The summed E-state index contributed by atoms with van der Waals surface area (Å²) in [5.74, 6) is -0.971. The first kappa shape index (κ1) is 22.4. The molecule has 1 fully saturated rings. The summed E-state index contributed by atoms with van der Waals surface area (Å²) in [7, 11) is 0. The molecule has 0 aliphatic carbocycles. The van der Waals surface area contributed by atoms with E-state index >= 15 is 0 Å². The first-order chi connectivity index (χ1) is 16.4. The highest BCUT2D eigenvalue weighted by molar-refractivity contribution is 5.87. The third-order valence-corrected chi connectivity index (χ3v) is 6.13. The van der Waals surface area contributed by atoms with E-state index in [4.69, 9.17) is 9.72 Å². The van der Waals surface area contributed by atoms with E-state index in [0.29, 0.717) is 47.8 Å². The maximum atomic E-state index is 14.8. The molecule has 5 rings (SSSR count). The predicted molar refractivity (Wildman–Crippen MR) is 119 cm³/mol. The van der Waals surface area contributed by atoms with E-state index in [1.165, 1.54) is 12.1 Å². The topological polar surface area (TPSA) is 78.6 Å². The van der Waals surface area contributed by atoms with Gasteiger partial charge in [0.15, 0.2) is 5.65 Å². The zero-order chi connectivity index (χ0) is 23.8. The van der Waals surface area contributed by atoms with Gasteiger partial charge in [-0.05, 0) is 38.8 Å². The highest BCUT2D eigenvalue weighted by Crippen LogP contribution is 2.38. The van der Waals surface area contributed by atoms with E-state index < -0.39 is 18.3 Å². The molecule has 0 bridgehead atoms. The molecule has 1 aliphatic rings. The van der Waals surface area contributed by atoms with Gasteiger partial charge in [0.2, 0.25) is 0 Å². The van der Waals surface area contributed by atoms with Gasteiger partial charge in [0.05, 0.1) is 30.2 Å². The Balaban J connectivity index is 1.57. The smallest absolute Gasteiger partial charge is 0.182 e. The van der Waals surface area contributed by atoms with Gasteiger partial charge in [-0.25, -0.2) is 33.1 Å². The number of hydrogen-bond donors (Lipinski definition) is 0. The number of hydrogen-bond acceptors (Lipinski definition) is 6. The van der Waals surface area contributed by atoms with Gasteiger partial charge in [0.1, 0.15) is 35.3 Å². The Morgan fingerprint density at radius 3 is 2.71 bits per heavy atom. The molecule has 10 heteroatoms. The third-order valence-electron chi connectivity index (χ3n) is 6.13. The Bertz CT molecular complexity index is 1360. The second kappa shape index (κ2) is 9.09. The van der Waals surface area contributed by atoms with Crippen LogP contribution in [-0.2, 0) is 11.3 Å². The first-order valence-electron chi connectivity index (χ1n) is 11.1. The van der Waals surface area contributed by atoms with E-state index in [1.54, 1.807) is 17.1 Å². The zero-order valence-corrected chi connectivity index (χ0v) is 18.8. The summed E-state index contributed by atoms with van der Waals surface area (Å²) in [6.07, 6.45) is 4.47. The molecule has 1 aromatic carbocycles. The van der Waals surface area contributed by atoms with Crippen molar-refractivity contribution < 1.29 is 17.9 Å². The number of fused-ring (bicyclic) bond motifs is 1. The van der Waals surface area contributed by atoms with Gasteiger partial charge in [-0.15, -0.1) is 0 Å². The van der Waals surface area contributed by atoms with Crippen LogP contribution in [0.2, 0.25) is 0 Å². The van der Waals surface area contributed by atoms with Crippen LogP contribution >= 0.6 is 0 Å². The summed E-state index contributed by atoms with van der Waals surface area (Å²) in [5.41, 5.74) is 3.42. The van der Waals surface area contributed by atoms with Gasteiger partial charge in [-0.2, -0.15) is 5.10 Å². The van der Waals surface area contributed by atoms with Crippen molar-refractivity contribution in [2.75, 3.05) is 13.3 Å². The van der Waals surface area contributed by atoms with Crippen molar-refractivity contribution in [3.05, 3.63) is 65.0 Å². The van der Waals surface area contributed by atoms with Crippen molar-refractivity contribution in [1.29, 1.82) is 0 Å². The Morgan fingerprint density at radius 2 is 1.91 bits per heavy atom. The molecule has 176 valence electrons. The number of nitrogens with zero attached hydrogens (tertiary/aromatic N) is 6. The quantitative estimate of drug-likeness (QED) is 0.419. The van der Waals surface area contributed by atoms with Crippen LogP contribution in [0.25, 0.3) is 22.4 Å². The van der Waals surface area contributed by atoms with Crippen molar-refractivity contribution in [1.82, 2.24) is 29.7 Å². The van der Waals surface area contributed by atoms with Crippen molar-refractivity contribution >= 4 is 11.2 Å². The maximum absolute atomic E-state index is 14.8. The lowest BCUT2D eigenvalue weighted by molar-refractivity contribution is 0.00396. The first-order valence-corrected chi connectivity index (χ1v) is 11.1. The summed E-state index contributed by atoms with van der Waals surface area (Å²) in [5, 5.41) is 4.18. The summed E-state index contributed by atoms with van der Waals surface area (Å²) >= 11 is 0. The number of rotatable bonds is 5. The lowest BCUT2D eigenvalue weighted by Crippen LogP contribution is -2.20. The van der Waals surface area contributed by atoms with Crippen molar-refractivity contribution in [2.24, 2.45) is 0 Å². The molecule has 2 atom stereocenters. The second-order valence-electron chi connectivity index (χ2n) is 8.43. The minimum Gasteiger partial charge on any atom is -0.373 e. The highest BCUT2D eigenvalue weighted by Gasteiger charge is 2.29. The van der Waals surface area contributed by atoms with Crippen molar-refractivity contribution in [3.63, 3.8) is 0 Å². The standard InChI is InChI=1S/C24H23F3N6O/c1-13-14(2)30-24-22(29-13)21(18-4-3-17(26)10-19(18)27)31-23(32-24)15-5-8-34-20(9-15)16-11-28-33(12-16)7-6-25/h3-4,10-12,15,20H,5-9H2,1-2H3.